The van der Waals surface area contributed by atoms with Crippen LogP contribution in [0.5, 0.6) is 0 Å². The van der Waals surface area contributed by atoms with E-state index in [9.17, 15) is 0 Å². The van der Waals surface area contributed by atoms with Gasteiger partial charge >= 0.3 is 0 Å². The molecule has 0 aromatic carbocycles. The molecule has 0 saturated carbocycles. The molecule has 1 heterocycles. The van der Waals surface area contributed by atoms with E-state index in [4.69, 9.17) is 19.5 Å². The lowest BCUT2D eigenvalue weighted by atomic mass is 10.2. The van der Waals surface area contributed by atoms with Gasteiger partial charge in [0.05, 0.1) is 24.9 Å². The van der Waals surface area contributed by atoms with Crippen molar-refractivity contribution >= 4 is 0 Å². The number of rotatable bonds is 5. The van der Waals surface area contributed by atoms with Crippen molar-refractivity contribution in [2.75, 3.05) is 20.3 Å². The number of methoxy groups -OCH3 is 1. The van der Waals surface area contributed by atoms with Crippen LogP contribution in [0.15, 0.2) is 12.2 Å². The van der Waals surface area contributed by atoms with E-state index < -0.39 is 0 Å². The fraction of sp³-hybridized carbons (Fsp3) is 0.625. The largest absolute Gasteiger partial charge is 0.382 e. The predicted octanol–water partition coefficient (Wildman–Crippen LogP) is 0.454. The second kappa shape index (κ2) is 4.21. The Bertz CT molecular complexity index is 209. The lowest BCUT2D eigenvalue weighted by molar-refractivity contribution is 0.0169. The number of epoxide rings is 1. The van der Waals surface area contributed by atoms with E-state index in [0.29, 0.717) is 18.8 Å². The van der Waals surface area contributed by atoms with Crippen LogP contribution in [0.4, 0.5) is 0 Å². The summed E-state index contributed by atoms with van der Waals surface area (Å²) in [6.07, 6.45) is -0.515. The van der Waals surface area contributed by atoms with Crippen LogP contribution in [0.1, 0.15) is 0 Å². The first-order valence-electron chi connectivity index (χ1n) is 3.64. The first kappa shape index (κ1) is 9.20. The third-order valence-electron chi connectivity index (χ3n) is 1.51. The summed E-state index contributed by atoms with van der Waals surface area (Å²) in [6.45, 7) is 4.53. The molecule has 4 nitrogen and oxygen atoms in total. The summed E-state index contributed by atoms with van der Waals surface area (Å²) in [7, 11) is 1.60. The van der Waals surface area contributed by atoms with Crippen LogP contribution in [0.2, 0.25) is 0 Å². The van der Waals surface area contributed by atoms with E-state index in [0.717, 1.165) is 0 Å². The third-order valence-corrected chi connectivity index (χ3v) is 1.51. The van der Waals surface area contributed by atoms with Crippen molar-refractivity contribution in [2.45, 2.75) is 12.4 Å². The fourth-order valence-corrected chi connectivity index (χ4v) is 0.783. The van der Waals surface area contributed by atoms with E-state index in [1.165, 1.54) is 0 Å². The molecule has 0 amide bonds. The van der Waals surface area contributed by atoms with Gasteiger partial charge in [0.15, 0.2) is 6.29 Å². The molecule has 0 spiro atoms. The van der Waals surface area contributed by atoms with Gasteiger partial charge in [-0.3, -0.25) is 0 Å². The lowest BCUT2D eigenvalue weighted by Gasteiger charge is -1.97. The van der Waals surface area contributed by atoms with Crippen molar-refractivity contribution in [2.24, 2.45) is 0 Å². The van der Waals surface area contributed by atoms with Crippen LogP contribution in [0, 0.1) is 11.3 Å². The van der Waals surface area contributed by atoms with Crippen LogP contribution in [-0.4, -0.2) is 32.7 Å². The second-order valence-corrected chi connectivity index (χ2v) is 2.43. The summed E-state index contributed by atoms with van der Waals surface area (Å²) in [4.78, 5) is 0. The Hall–Kier alpha value is -0.890. The molecule has 1 fully saturated rings. The smallest absolute Gasteiger partial charge is 0.189 e. The van der Waals surface area contributed by atoms with E-state index in [1.54, 1.807) is 7.11 Å². The monoisotopic (exact) mass is 169 g/mol. The van der Waals surface area contributed by atoms with E-state index >= 15 is 0 Å². The molecule has 2 atom stereocenters. The Kier molecular flexibility index (Phi) is 3.23. The predicted molar refractivity (Wildman–Crippen MR) is 41.2 cm³/mol. The minimum absolute atomic E-state index is 0.230. The van der Waals surface area contributed by atoms with E-state index in [1.807, 2.05) is 6.07 Å². The van der Waals surface area contributed by atoms with E-state index in [-0.39, 0.29) is 12.4 Å². The Morgan fingerprint density at radius 1 is 1.67 bits per heavy atom. The highest BCUT2D eigenvalue weighted by atomic mass is 16.8. The average Bonchev–Trinajstić information content (AvgIpc) is 2.83. The SMILES string of the molecule is C=C(C#N)C1OC1OCCOC. The molecule has 0 aromatic rings. The highest BCUT2D eigenvalue weighted by molar-refractivity contribution is 5.25. The van der Waals surface area contributed by atoms with Crippen molar-refractivity contribution < 1.29 is 14.2 Å². The van der Waals surface area contributed by atoms with Crippen molar-refractivity contribution in [1.82, 2.24) is 0 Å². The molecule has 0 radical (unpaired) electrons. The summed E-state index contributed by atoms with van der Waals surface area (Å²) in [5, 5.41) is 8.42. The van der Waals surface area contributed by atoms with Gasteiger partial charge in [-0.2, -0.15) is 5.26 Å². The maximum Gasteiger partial charge on any atom is 0.189 e. The number of hydrogen-bond acceptors (Lipinski definition) is 4. The fourth-order valence-electron chi connectivity index (χ4n) is 0.783. The second-order valence-electron chi connectivity index (χ2n) is 2.43. The van der Waals surface area contributed by atoms with Gasteiger partial charge in [-0.25, -0.2) is 0 Å². The van der Waals surface area contributed by atoms with Gasteiger partial charge in [0.25, 0.3) is 0 Å². The topological polar surface area (TPSA) is 54.8 Å². The number of hydrogen-bond donors (Lipinski definition) is 0. The van der Waals surface area contributed by atoms with Gasteiger partial charge in [0, 0.05) is 7.11 Å². The van der Waals surface area contributed by atoms with Crippen molar-refractivity contribution in [3.8, 4) is 6.07 Å². The quantitative estimate of drug-likeness (QED) is 0.340. The Morgan fingerprint density at radius 2 is 2.42 bits per heavy atom. The molecule has 1 rings (SSSR count). The molecule has 0 bridgehead atoms. The summed E-state index contributed by atoms with van der Waals surface area (Å²) < 4.78 is 15.0. The molecular formula is C8H11NO3. The molecular weight excluding hydrogens is 158 g/mol. The first-order chi connectivity index (χ1) is 5.79. The highest BCUT2D eigenvalue weighted by Gasteiger charge is 2.42. The van der Waals surface area contributed by atoms with Crippen molar-refractivity contribution in [3.63, 3.8) is 0 Å². The number of nitrogens with zero attached hydrogens (tertiary/aromatic N) is 1. The van der Waals surface area contributed by atoms with E-state index in [2.05, 4.69) is 6.58 Å². The molecule has 0 aromatic heterocycles. The summed E-state index contributed by atoms with van der Waals surface area (Å²) in [5.74, 6) is 0. The normalized spacial score (nSPS) is 26.3. The van der Waals surface area contributed by atoms with Gasteiger partial charge < -0.3 is 14.2 Å². The van der Waals surface area contributed by atoms with Gasteiger partial charge in [-0.1, -0.05) is 6.58 Å². The molecule has 4 heteroatoms. The zero-order valence-electron chi connectivity index (χ0n) is 6.95. The molecule has 66 valence electrons. The molecule has 0 aliphatic carbocycles. The Morgan fingerprint density at radius 3 is 3.00 bits per heavy atom. The molecule has 1 aliphatic heterocycles. The summed E-state index contributed by atoms with van der Waals surface area (Å²) >= 11 is 0. The zero-order chi connectivity index (χ0) is 8.97. The van der Waals surface area contributed by atoms with Crippen LogP contribution >= 0.6 is 0 Å². The summed E-state index contributed by atoms with van der Waals surface area (Å²) in [6, 6.07) is 1.92. The number of ether oxygens (including phenoxy) is 3. The van der Waals surface area contributed by atoms with Gasteiger partial charge in [0.1, 0.15) is 6.10 Å². The van der Waals surface area contributed by atoms with Crippen LogP contribution in [-0.2, 0) is 14.2 Å². The van der Waals surface area contributed by atoms with Crippen LogP contribution in [0.3, 0.4) is 0 Å². The average molecular weight is 169 g/mol. The van der Waals surface area contributed by atoms with Gasteiger partial charge in [-0.05, 0) is 0 Å². The molecule has 1 saturated heterocycles. The lowest BCUT2D eigenvalue weighted by Crippen LogP contribution is -2.06. The maximum atomic E-state index is 8.42. The first-order valence-corrected chi connectivity index (χ1v) is 3.64. The van der Waals surface area contributed by atoms with Crippen molar-refractivity contribution in [3.05, 3.63) is 12.2 Å². The standard InChI is InChI=1S/C8H11NO3/c1-6(5-9)7-8(12-7)11-4-3-10-2/h7-8H,1,3-4H2,2H3. The van der Waals surface area contributed by atoms with Gasteiger partial charge in [0.2, 0.25) is 0 Å². The summed E-state index contributed by atoms with van der Waals surface area (Å²) in [5.41, 5.74) is 0.414. The van der Waals surface area contributed by atoms with Gasteiger partial charge in [-0.15, -0.1) is 0 Å². The van der Waals surface area contributed by atoms with Crippen molar-refractivity contribution in [1.29, 1.82) is 5.26 Å². The van der Waals surface area contributed by atoms with Crippen LogP contribution in [0.25, 0.3) is 0 Å². The number of nitriles is 1. The highest BCUT2D eigenvalue weighted by Crippen LogP contribution is 2.28. The minimum Gasteiger partial charge on any atom is -0.382 e. The maximum absolute atomic E-state index is 8.42. The molecule has 1 aliphatic rings. The minimum atomic E-state index is -0.285. The molecule has 0 N–H and O–H groups in total. The molecule has 2 unspecified atom stereocenters. The molecule has 12 heavy (non-hydrogen) atoms. The zero-order valence-corrected chi connectivity index (χ0v) is 6.95. The Balaban J connectivity index is 2.09. The van der Waals surface area contributed by atoms with Crippen LogP contribution < -0.4 is 0 Å². The Labute approximate surface area is 71.3 Å². The third kappa shape index (κ3) is 2.31.